The third-order valence-corrected chi connectivity index (χ3v) is 1.27. The monoisotopic (exact) mass is 295 g/mol. The normalized spacial score (nSPS) is 10.7. The maximum absolute atomic E-state index is 5.54. The van der Waals surface area contributed by atoms with Gasteiger partial charge in [-0.05, 0) is 6.42 Å². The fourth-order valence-corrected chi connectivity index (χ4v) is 0.735. The van der Waals surface area contributed by atoms with Gasteiger partial charge in [0.1, 0.15) is 5.82 Å². The molecule has 1 aromatic rings. The third kappa shape index (κ3) is 4.71. The van der Waals surface area contributed by atoms with E-state index in [4.69, 9.17) is 5.73 Å². The molecule has 1 aromatic heterocycles. The van der Waals surface area contributed by atoms with Gasteiger partial charge in [-0.1, -0.05) is 6.92 Å². The minimum absolute atomic E-state index is 0. The Kier molecular flexibility index (Phi) is 6.29. The lowest BCUT2D eigenvalue weighted by molar-refractivity contribution is 0.929. The van der Waals surface area contributed by atoms with Crippen LogP contribution in [0, 0.1) is 0 Å². The SMILES string of the molecule is CCCN=C(N)Nc1ccn[nH]1.I. The van der Waals surface area contributed by atoms with Gasteiger partial charge in [0.2, 0.25) is 0 Å². The summed E-state index contributed by atoms with van der Waals surface area (Å²) < 4.78 is 0. The lowest BCUT2D eigenvalue weighted by Gasteiger charge is -2.00. The van der Waals surface area contributed by atoms with Gasteiger partial charge in [-0.15, -0.1) is 24.0 Å². The number of guanidine groups is 1. The molecule has 0 spiro atoms. The zero-order valence-electron chi connectivity index (χ0n) is 7.45. The maximum Gasteiger partial charge on any atom is 0.194 e. The van der Waals surface area contributed by atoms with Crippen molar-refractivity contribution in [2.24, 2.45) is 10.7 Å². The van der Waals surface area contributed by atoms with Crippen molar-refractivity contribution in [3.8, 4) is 0 Å². The molecular weight excluding hydrogens is 281 g/mol. The van der Waals surface area contributed by atoms with Gasteiger partial charge in [-0.3, -0.25) is 10.1 Å². The van der Waals surface area contributed by atoms with Gasteiger partial charge in [0.25, 0.3) is 0 Å². The van der Waals surface area contributed by atoms with Crippen LogP contribution in [0.15, 0.2) is 17.3 Å². The van der Waals surface area contributed by atoms with Crippen molar-refractivity contribution in [2.45, 2.75) is 13.3 Å². The summed E-state index contributed by atoms with van der Waals surface area (Å²) in [6.45, 7) is 2.79. The van der Waals surface area contributed by atoms with Crippen LogP contribution in [0.3, 0.4) is 0 Å². The number of hydrogen-bond acceptors (Lipinski definition) is 2. The third-order valence-electron chi connectivity index (χ3n) is 1.27. The van der Waals surface area contributed by atoms with E-state index in [-0.39, 0.29) is 24.0 Å². The number of aromatic nitrogens is 2. The zero-order chi connectivity index (χ0) is 8.81. The van der Waals surface area contributed by atoms with Crippen LogP contribution >= 0.6 is 24.0 Å². The summed E-state index contributed by atoms with van der Waals surface area (Å²) in [5.41, 5.74) is 5.54. The van der Waals surface area contributed by atoms with Crippen molar-refractivity contribution in [1.82, 2.24) is 10.2 Å². The molecule has 13 heavy (non-hydrogen) atoms. The molecule has 0 aliphatic carbocycles. The van der Waals surface area contributed by atoms with E-state index in [2.05, 4.69) is 20.5 Å². The molecule has 0 aliphatic rings. The van der Waals surface area contributed by atoms with Crippen LogP contribution in [0.25, 0.3) is 0 Å². The Morgan fingerprint density at radius 2 is 2.54 bits per heavy atom. The van der Waals surface area contributed by atoms with Crippen LogP contribution in [-0.4, -0.2) is 22.7 Å². The quantitative estimate of drug-likeness (QED) is 0.445. The Bertz CT molecular complexity index is 243. The van der Waals surface area contributed by atoms with E-state index in [1.807, 2.05) is 6.92 Å². The highest BCUT2D eigenvalue weighted by atomic mass is 127. The summed E-state index contributed by atoms with van der Waals surface area (Å²) in [6, 6.07) is 1.79. The number of rotatable bonds is 3. The second-order valence-electron chi connectivity index (χ2n) is 2.36. The molecule has 5 nitrogen and oxygen atoms in total. The second-order valence-corrected chi connectivity index (χ2v) is 2.36. The van der Waals surface area contributed by atoms with Gasteiger partial charge < -0.3 is 11.1 Å². The number of nitrogens with one attached hydrogen (secondary N) is 2. The summed E-state index contributed by atoms with van der Waals surface area (Å²) in [7, 11) is 0. The van der Waals surface area contributed by atoms with E-state index in [9.17, 15) is 0 Å². The number of anilines is 1. The Labute approximate surface area is 94.2 Å². The molecule has 0 fully saturated rings. The first kappa shape index (κ1) is 12.2. The van der Waals surface area contributed by atoms with Crippen molar-refractivity contribution < 1.29 is 0 Å². The largest absolute Gasteiger partial charge is 0.370 e. The Morgan fingerprint density at radius 3 is 3.08 bits per heavy atom. The lowest BCUT2D eigenvalue weighted by Crippen LogP contribution is -2.22. The van der Waals surface area contributed by atoms with Crippen LogP contribution in [0.5, 0.6) is 0 Å². The summed E-state index contributed by atoms with van der Waals surface area (Å²) in [5.74, 6) is 1.17. The summed E-state index contributed by atoms with van der Waals surface area (Å²) in [5, 5.41) is 9.35. The molecule has 0 atom stereocenters. The number of aliphatic imine (C=N–C) groups is 1. The zero-order valence-corrected chi connectivity index (χ0v) is 9.78. The Hall–Kier alpha value is -0.790. The average molecular weight is 295 g/mol. The molecule has 0 saturated heterocycles. The van der Waals surface area contributed by atoms with Crippen molar-refractivity contribution in [2.75, 3.05) is 11.9 Å². The highest BCUT2D eigenvalue weighted by Crippen LogP contribution is 1.96. The van der Waals surface area contributed by atoms with Gasteiger partial charge in [0.05, 0.1) is 6.20 Å². The van der Waals surface area contributed by atoms with Crippen molar-refractivity contribution in [3.63, 3.8) is 0 Å². The van der Waals surface area contributed by atoms with Gasteiger partial charge >= 0.3 is 0 Å². The standard InChI is InChI=1S/C7H13N5.HI/c1-2-4-9-7(8)11-6-3-5-10-12-6;/h3,5H,2,4H2,1H3,(H4,8,9,10,11,12);1H. The molecule has 1 heterocycles. The van der Waals surface area contributed by atoms with Crippen LogP contribution < -0.4 is 11.1 Å². The van der Waals surface area contributed by atoms with Gasteiger partial charge in [-0.25, -0.2) is 0 Å². The number of H-pyrrole nitrogens is 1. The van der Waals surface area contributed by atoms with Crippen molar-refractivity contribution in [1.29, 1.82) is 0 Å². The van der Waals surface area contributed by atoms with Crippen LogP contribution in [-0.2, 0) is 0 Å². The molecule has 0 amide bonds. The first-order valence-corrected chi connectivity index (χ1v) is 3.89. The fourth-order valence-electron chi connectivity index (χ4n) is 0.735. The summed E-state index contributed by atoms with van der Waals surface area (Å²) >= 11 is 0. The molecule has 74 valence electrons. The smallest absolute Gasteiger partial charge is 0.194 e. The Morgan fingerprint density at radius 1 is 1.77 bits per heavy atom. The number of hydrogen-bond donors (Lipinski definition) is 3. The number of aromatic amines is 1. The molecule has 0 saturated carbocycles. The topological polar surface area (TPSA) is 79.1 Å². The molecule has 0 unspecified atom stereocenters. The van der Waals surface area contributed by atoms with E-state index in [0.29, 0.717) is 5.96 Å². The molecule has 0 bridgehead atoms. The van der Waals surface area contributed by atoms with E-state index < -0.39 is 0 Å². The summed E-state index contributed by atoms with van der Waals surface area (Å²) in [6.07, 6.45) is 2.64. The molecule has 1 rings (SSSR count). The molecule has 0 aromatic carbocycles. The minimum Gasteiger partial charge on any atom is -0.370 e. The lowest BCUT2D eigenvalue weighted by atomic mass is 10.5. The highest BCUT2D eigenvalue weighted by Gasteiger charge is 1.93. The van der Waals surface area contributed by atoms with Gasteiger partial charge in [0, 0.05) is 12.6 Å². The molecule has 0 aliphatic heterocycles. The first-order valence-electron chi connectivity index (χ1n) is 3.89. The van der Waals surface area contributed by atoms with Crippen LogP contribution in [0.2, 0.25) is 0 Å². The van der Waals surface area contributed by atoms with Gasteiger partial charge in [-0.2, -0.15) is 5.10 Å². The van der Waals surface area contributed by atoms with Crippen LogP contribution in [0.1, 0.15) is 13.3 Å². The fraction of sp³-hybridized carbons (Fsp3) is 0.429. The van der Waals surface area contributed by atoms with E-state index in [0.717, 1.165) is 18.8 Å². The average Bonchev–Trinajstić information content (AvgIpc) is 2.53. The predicted octanol–water partition coefficient (Wildman–Crippen LogP) is 1.16. The van der Waals surface area contributed by atoms with Gasteiger partial charge in [0.15, 0.2) is 5.96 Å². The second kappa shape index (κ2) is 6.70. The molecule has 4 N–H and O–H groups in total. The van der Waals surface area contributed by atoms with Crippen molar-refractivity contribution >= 4 is 35.8 Å². The number of nitrogens with two attached hydrogens (primary N) is 1. The molecular formula is C7H14IN5. The molecule has 6 heteroatoms. The number of halogens is 1. The summed E-state index contributed by atoms with van der Waals surface area (Å²) in [4.78, 5) is 4.05. The van der Waals surface area contributed by atoms with Crippen molar-refractivity contribution in [3.05, 3.63) is 12.3 Å². The van der Waals surface area contributed by atoms with Crippen LogP contribution in [0.4, 0.5) is 5.82 Å². The predicted molar refractivity (Wildman–Crippen MR) is 64.4 cm³/mol. The minimum atomic E-state index is 0. The maximum atomic E-state index is 5.54. The van der Waals surface area contributed by atoms with E-state index in [1.165, 1.54) is 0 Å². The number of nitrogens with zero attached hydrogens (tertiary/aromatic N) is 2. The first-order chi connectivity index (χ1) is 5.83. The Balaban J connectivity index is 0.00000144. The molecule has 0 radical (unpaired) electrons. The highest BCUT2D eigenvalue weighted by molar-refractivity contribution is 14.0. The van der Waals surface area contributed by atoms with E-state index >= 15 is 0 Å². The van der Waals surface area contributed by atoms with E-state index in [1.54, 1.807) is 12.3 Å².